The minimum Gasteiger partial charge on any atom is -0.456 e. The standard InChI is InChI=1S/C18H14O/c1-12-6-8-15-16-10-13-4-2-3-5-14(13)11-18(16)19-17(15)9-7-12/h2-12H,1H3. The molecule has 3 aromatic rings. The van der Waals surface area contributed by atoms with E-state index in [1.54, 1.807) is 0 Å². The fraction of sp³-hybridized carbons (Fsp3) is 0.111. The van der Waals surface area contributed by atoms with Gasteiger partial charge >= 0.3 is 0 Å². The van der Waals surface area contributed by atoms with Gasteiger partial charge in [-0.1, -0.05) is 49.4 Å². The normalized spacial score (nSPS) is 17.8. The van der Waals surface area contributed by atoms with Crippen LogP contribution >= 0.6 is 0 Å². The molecule has 0 radical (unpaired) electrons. The first-order valence-electron chi connectivity index (χ1n) is 6.63. The maximum Gasteiger partial charge on any atom is 0.136 e. The molecule has 0 N–H and O–H groups in total. The molecule has 1 aliphatic rings. The van der Waals surface area contributed by atoms with Crippen molar-refractivity contribution in [1.82, 2.24) is 0 Å². The van der Waals surface area contributed by atoms with Crippen LogP contribution in [-0.2, 0) is 0 Å². The molecular formula is C18H14O. The predicted octanol–water partition coefficient (Wildman–Crippen LogP) is 5.26. The van der Waals surface area contributed by atoms with Crippen molar-refractivity contribution in [3.63, 3.8) is 0 Å². The maximum atomic E-state index is 5.99. The van der Waals surface area contributed by atoms with Crippen molar-refractivity contribution in [3.05, 3.63) is 59.9 Å². The van der Waals surface area contributed by atoms with E-state index < -0.39 is 0 Å². The summed E-state index contributed by atoms with van der Waals surface area (Å²) >= 11 is 0. The monoisotopic (exact) mass is 246 g/mol. The molecular weight excluding hydrogens is 232 g/mol. The zero-order chi connectivity index (χ0) is 12.8. The predicted molar refractivity (Wildman–Crippen MR) is 81.0 cm³/mol. The first-order chi connectivity index (χ1) is 9.31. The quantitative estimate of drug-likeness (QED) is 0.527. The summed E-state index contributed by atoms with van der Waals surface area (Å²) < 4.78 is 5.99. The summed E-state index contributed by atoms with van der Waals surface area (Å²) in [7, 11) is 0. The molecule has 1 heteroatoms. The Morgan fingerprint density at radius 3 is 2.53 bits per heavy atom. The van der Waals surface area contributed by atoms with Crippen LogP contribution in [0.4, 0.5) is 0 Å². The second kappa shape index (κ2) is 3.86. The van der Waals surface area contributed by atoms with Crippen molar-refractivity contribution in [3.8, 4) is 0 Å². The zero-order valence-electron chi connectivity index (χ0n) is 10.8. The Balaban J connectivity index is 2.09. The third kappa shape index (κ3) is 1.62. The number of fused-ring (bicyclic) bond motifs is 4. The second-order valence-corrected chi connectivity index (χ2v) is 5.15. The molecule has 0 saturated heterocycles. The summed E-state index contributed by atoms with van der Waals surface area (Å²) in [6.45, 7) is 2.18. The van der Waals surface area contributed by atoms with Crippen LogP contribution in [0, 0.1) is 5.92 Å². The molecule has 2 aromatic carbocycles. The van der Waals surface area contributed by atoms with E-state index in [2.05, 4.69) is 67.6 Å². The number of allylic oxidation sites excluding steroid dienone is 2. The molecule has 1 aliphatic carbocycles. The molecule has 1 atom stereocenters. The van der Waals surface area contributed by atoms with Gasteiger partial charge in [-0.15, -0.1) is 0 Å². The van der Waals surface area contributed by atoms with Crippen LogP contribution in [0.3, 0.4) is 0 Å². The molecule has 0 spiro atoms. The Bertz CT molecular complexity index is 833. The molecule has 1 heterocycles. The summed E-state index contributed by atoms with van der Waals surface area (Å²) in [6.07, 6.45) is 8.65. The van der Waals surface area contributed by atoms with Crippen LogP contribution in [0.2, 0.25) is 0 Å². The Morgan fingerprint density at radius 2 is 1.68 bits per heavy atom. The molecule has 0 bridgehead atoms. The maximum absolute atomic E-state index is 5.99. The van der Waals surface area contributed by atoms with Gasteiger partial charge in [-0.3, -0.25) is 0 Å². The highest BCUT2D eigenvalue weighted by molar-refractivity contribution is 6.01. The fourth-order valence-electron chi connectivity index (χ4n) is 2.67. The van der Waals surface area contributed by atoms with E-state index in [0.717, 1.165) is 11.3 Å². The molecule has 1 nitrogen and oxygen atoms in total. The van der Waals surface area contributed by atoms with Gasteiger partial charge in [0.2, 0.25) is 0 Å². The summed E-state index contributed by atoms with van der Waals surface area (Å²) in [5, 5.41) is 3.68. The first kappa shape index (κ1) is 10.6. The van der Waals surface area contributed by atoms with Gasteiger partial charge in [0, 0.05) is 10.9 Å². The topological polar surface area (TPSA) is 13.1 Å². The average Bonchev–Trinajstić information content (AvgIpc) is 2.66. The van der Waals surface area contributed by atoms with Crippen LogP contribution in [0.1, 0.15) is 18.2 Å². The highest BCUT2D eigenvalue weighted by Gasteiger charge is 2.13. The van der Waals surface area contributed by atoms with Crippen LogP contribution < -0.4 is 0 Å². The van der Waals surface area contributed by atoms with Crippen molar-refractivity contribution in [2.75, 3.05) is 0 Å². The van der Waals surface area contributed by atoms with Gasteiger partial charge < -0.3 is 4.42 Å². The lowest BCUT2D eigenvalue weighted by Gasteiger charge is -1.98. The zero-order valence-corrected chi connectivity index (χ0v) is 10.8. The van der Waals surface area contributed by atoms with Gasteiger partial charge in [-0.2, -0.15) is 0 Å². The third-order valence-electron chi connectivity index (χ3n) is 3.74. The van der Waals surface area contributed by atoms with Gasteiger partial charge in [-0.25, -0.2) is 0 Å². The molecule has 19 heavy (non-hydrogen) atoms. The number of hydrogen-bond acceptors (Lipinski definition) is 1. The van der Waals surface area contributed by atoms with Crippen molar-refractivity contribution >= 4 is 33.9 Å². The van der Waals surface area contributed by atoms with Gasteiger partial charge in [0.05, 0.1) is 0 Å². The highest BCUT2D eigenvalue weighted by Crippen LogP contribution is 2.33. The number of rotatable bonds is 0. The molecule has 0 fully saturated rings. The molecule has 1 unspecified atom stereocenters. The highest BCUT2D eigenvalue weighted by atomic mass is 16.3. The van der Waals surface area contributed by atoms with E-state index in [-0.39, 0.29) is 0 Å². The Kier molecular flexibility index (Phi) is 2.16. The number of furan rings is 1. The lowest BCUT2D eigenvalue weighted by Crippen LogP contribution is -1.78. The van der Waals surface area contributed by atoms with E-state index in [0.29, 0.717) is 5.92 Å². The second-order valence-electron chi connectivity index (χ2n) is 5.15. The lowest BCUT2D eigenvalue weighted by atomic mass is 10.0. The Hall–Kier alpha value is -2.28. The molecule has 0 amide bonds. The van der Waals surface area contributed by atoms with Gasteiger partial charge in [0.1, 0.15) is 11.3 Å². The van der Waals surface area contributed by atoms with Crippen molar-refractivity contribution in [2.24, 2.45) is 5.92 Å². The molecule has 92 valence electrons. The van der Waals surface area contributed by atoms with Crippen molar-refractivity contribution in [2.45, 2.75) is 6.92 Å². The summed E-state index contributed by atoms with van der Waals surface area (Å²) in [5.74, 6) is 1.42. The Labute approximate surface area is 111 Å². The van der Waals surface area contributed by atoms with Gasteiger partial charge in [0.25, 0.3) is 0 Å². The van der Waals surface area contributed by atoms with Crippen LogP contribution in [0.15, 0.2) is 53.0 Å². The first-order valence-corrected chi connectivity index (χ1v) is 6.63. The smallest absolute Gasteiger partial charge is 0.136 e. The third-order valence-corrected chi connectivity index (χ3v) is 3.74. The van der Waals surface area contributed by atoms with E-state index >= 15 is 0 Å². The van der Waals surface area contributed by atoms with Crippen molar-refractivity contribution in [1.29, 1.82) is 0 Å². The fourth-order valence-corrected chi connectivity index (χ4v) is 2.67. The van der Waals surface area contributed by atoms with Crippen LogP contribution in [0.5, 0.6) is 0 Å². The summed E-state index contributed by atoms with van der Waals surface area (Å²) in [4.78, 5) is 0. The number of benzene rings is 2. The molecule has 4 rings (SSSR count). The van der Waals surface area contributed by atoms with Gasteiger partial charge in [0.15, 0.2) is 0 Å². The molecule has 1 aromatic heterocycles. The number of hydrogen-bond donors (Lipinski definition) is 0. The van der Waals surface area contributed by atoms with E-state index in [4.69, 9.17) is 4.42 Å². The minimum atomic E-state index is 0.457. The molecule has 0 aliphatic heterocycles. The van der Waals surface area contributed by atoms with E-state index in [1.165, 1.54) is 21.7 Å². The minimum absolute atomic E-state index is 0.457. The summed E-state index contributed by atoms with van der Waals surface area (Å²) in [6, 6.07) is 12.8. The van der Waals surface area contributed by atoms with Gasteiger partial charge in [-0.05, 0) is 34.9 Å². The lowest BCUT2D eigenvalue weighted by molar-refractivity contribution is 0.603. The van der Waals surface area contributed by atoms with Crippen LogP contribution in [0.25, 0.3) is 33.9 Å². The SMILES string of the molecule is CC1C=Cc2oc3cc4ccccc4cc3c2C=C1. The van der Waals surface area contributed by atoms with Crippen LogP contribution in [-0.4, -0.2) is 0 Å². The molecule has 0 saturated carbocycles. The average molecular weight is 246 g/mol. The largest absolute Gasteiger partial charge is 0.456 e. The summed E-state index contributed by atoms with van der Waals surface area (Å²) in [5.41, 5.74) is 2.16. The van der Waals surface area contributed by atoms with E-state index in [9.17, 15) is 0 Å². The van der Waals surface area contributed by atoms with Crippen molar-refractivity contribution < 1.29 is 4.42 Å². The van der Waals surface area contributed by atoms with E-state index in [1.807, 2.05) is 0 Å². The Morgan fingerprint density at radius 1 is 0.947 bits per heavy atom.